The summed E-state index contributed by atoms with van der Waals surface area (Å²) in [6.45, 7) is 0.0556. The summed E-state index contributed by atoms with van der Waals surface area (Å²) in [6.07, 6.45) is 3.20. The SMILES string of the molecule is O=C(N=c1scc(COP(=O)(O)O)n1Cc1ccccc1)c1c[nH]c2ncccc12. The van der Waals surface area contributed by atoms with Crippen molar-refractivity contribution in [1.29, 1.82) is 0 Å². The molecule has 0 atom stereocenters. The Morgan fingerprint density at radius 2 is 2.03 bits per heavy atom. The van der Waals surface area contributed by atoms with Gasteiger partial charge in [-0.3, -0.25) is 9.32 Å². The van der Waals surface area contributed by atoms with Crippen molar-refractivity contribution < 1.29 is 23.7 Å². The van der Waals surface area contributed by atoms with Crippen LogP contribution < -0.4 is 4.80 Å². The van der Waals surface area contributed by atoms with Crippen molar-refractivity contribution in [2.75, 3.05) is 0 Å². The van der Waals surface area contributed by atoms with Crippen LogP contribution in [0.2, 0.25) is 0 Å². The number of aromatic nitrogens is 3. The number of thiazole rings is 1. The summed E-state index contributed by atoms with van der Waals surface area (Å²) in [5.74, 6) is -0.444. The Balaban J connectivity index is 1.73. The standard InChI is InChI=1S/C19H17N4O5PS/c24-18(16-9-21-17-15(16)7-4-8-20-17)22-19-23(10-13-5-2-1-3-6-13)14(12-30-19)11-28-29(25,26)27/h1-9,12H,10-11H2,(H,20,21)(H2,25,26,27). The molecule has 0 aliphatic carbocycles. The van der Waals surface area contributed by atoms with Crippen LogP contribution in [0.25, 0.3) is 11.0 Å². The fourth-order valence-electron chi connectivity index (χ4n) is 2.93. The zero-order chi connectivity index (χ0) is 21.1. The van der Waals surface area contributed by atoms with E-state index in [1.165, 1.54) is 11.3 Å². The van der Waals surface area contributed by atoms with Crippen LogP contribution in [0.3, 0.4) is 0 Å². The highest BCUT2D eigenvalue weighted by atomic mass is 32.1. The van der Waals surface area contributed by atoms with Crippen LogP contribution in [0.5, 0.6) is 0 Å². The second-order valence-electron chi connectivity index (χ2n) is 6.36. The number of phosphoric ester groups is 1. The van der Waals surface area contributed by atoms with Crippen molar-refractivity contribution in [3.05, 3.63) is 81.9 Å². The van der Waals surface area contributed by atoms with Crippen LogP contribution in [0.1, 0.15) is 21.6 Å². The summed E-state index contributed by atoms with van der Waals surface area (Å²) in [5.41, 5.74) is 2.43. The molecule has 0 fully saturated rings. The summed E-state index contributed by atoms with van der Waals surface area (Å²) in [7, 11) is -4.64. The van der Waals surface area contributed by atoms with Gasteiger partial charge in [-0.1, -0.05) is 30.3 Å². The molecule has 4 rings (SSSR count). The fraction of sp³-hybridized carbons (Fsp3) is 0.105. The van der Waals surface area contributed by atoms with E-state index in [-0.39, 0.29) is 6.61 Å². The maximum Gasteiger partial charge on any atom is 0.469 e. The minimum absolute atomic E-state index is 0.311. The molecule has 0 saturated carbocycles. The van der Waals surface area contributed by atoms with Crippen LogP contribution in [-0.4, -0.2) is 30.2 Å². The Labute approximate surface area is 174 Å². The lowest BCUT2D eigenvalue weighted by Crippen LogP contribution is -2.20. The summed E-state index contributed by atoms with van der Waals surface area (Å²) in [5, 5.41) is 2.34. The first-order valence-corrected chi connectivity index (χ1v) is 11.2. The number of nitrogens with zero attached hydrogens (tertiary/aromatic N) is 3. The van der Waals surface area contributed by atoms with Crippen molar-refractivity contribution >= 4 is 36.1 Å². The van der Waals surface area contributed by atoms with Crippen molar-refractivity contribution in [2.24, 2.45) is 4.99 Å². The zero-order valence-electron chi connectivity index (χ0n) is 15.5. The molecular formula is C19H17N4O5PS. The molecule has 3 aromatic heterocycles. The molecule has 154 valence electrons. The third kappa shape index (κ3) is 4.64. The van der Waals surface area contributed by atoms with E-state index in [1.54, 1.807) is 34.5 Å². The van der Waals surface area contributed by atoms with E-state index in [0.717, 1.165) is 5.56 Å². The number of pyridine rings is 1. The first-order chi connectivity index (χ1) is 14.4. The molecule has 9 nitrogen and oxygen atoms in total. The molecule has 0 bridgehead atoms. The van der Waals surface area contributed by atoms with Crippen molar-refractivity contribution in [2.45, 2.75) is 13.2 Å². The number of fused-ring (bicyclic) bond motifs is 1. The minimum atomic E-state index is -4.64. The zero-order valence-corrected chi connectivity index (χ0v) is 17.2. The number of aromatic amines is 1. The Hall–Kier alpha value is -2.88. The van der Waals surface area contributed by atoms with Crippen molar-refractivity contribution in [1.82, 2.24) is 14.5 Å². The Morgan fingerprint density at radius 3 is 2.80 bits per heavy atom. The number of benzene rings is 1. The Kier molecular flexibility index (Phi) is 5.76. The van der Waals surface area contributed by atoms with Crippen molar-refractivity contribution in [3.8, 4) is 0 Å². The Bertz CT molecular complexity index is 1310. The lowest BCUT2D eigenvalue weighted by Gasteiger charge is -2.10. The average molecular weight is 444 g/mol. The summed E-state index contributed by atoms with van der Waals surface area (Å²) >= 11 is 1.19. The van der Waals surface area contributed by atoms with Gasteiger partial charge in [0.05, 0.1) is 24.4 Å². The highest BCUT2D eigenvalue weighted by Gasteiger charge is 2.17. The van der Waals surface area contributed by atoms with E-state index >= 15 is 0 Å². The van der Waals surface area contributed by atoms with Gasteiger partial charge in [0.2, 0.25) is 0 Å². The fourth-order valence-corrected chi connectivity index (χ4v) is 4.12. The molecule has 3 heterocycles. The van der Waals surface area contributed by atoms with Crippen LogP contribution in [-0.2, 0) is 22.2 Å². The van der Waals surface area contributed by atoms with E-state index in [2.05, 4.69) is 19.5 Å². The number of nitrogens with one attached hydrogen (secondary N) is 1. The van der Waals surface area contributed by atoms with Crippen LogP contribution >= 0.6 is 19.2 Å². The maximum atomic E-state index is 12.8. The third-order valence-electron chi connectivity index (χ3n) is 4.32. The average Bonchev–Trinajstić information content (AvgIpc) is 3.31. The van der Waals surface area contributed by atoms with Gasteiger partial charge in [0.15, 0.2) is 4.80 Å². The van der Waals surface area contributed by atoms with Gasteiger partial charge in [-0.05, 0) is 17.7 Å². The van der Waals surface area contributed by atoms with Gasteiger partial charge < -0.3 is 19.3 Å². The lowest BCUT2D eigenvalue weighted by atomic mass is 10.2. The number of carbonyl (C=O) groups excluding carboxylic acids is 1. The van der Waals surface area contributed by atoms with Crippen LogP contribution in [0.4, 0.5) is 0 Å². The third-order valence-corrected chi connectivity index (χ3v) is 5.70. The molecule has 0 radical (unpaired) electrons. The topological polar surface area (TPSA) is 130 Å². The molecule has 1 amide bonds. The summed E-state index contributed by atoms with van der Waals surface area (Å²) < 4.78 is 17.5. The Morgan fingerprint density at radius 1 is 1.23 bits per heavy atom. The molecule has 0 spiro atoms. The molecule has 0 aliphatic rings. The van der Waals surface area contributed by atoms with E-state index in [4.69, 9.17) is 9.79 Å². The molecule has 1 aromatic carbocycles. The number of H-pyrrole nitrogens is 1. The van der Waals surface area contributed by atoms with E-state index < -0.39 is 13.7 Å². The molecule has 4 aromatic rings. The van der Waals surface area contributed by atoms with E-state index in [0.29, 0.717) is 33.6 Å². The van der Waals surface area contributed by atoms with E-state index in [1.807, 2.05) is 30.3 Å². The van der Waals surface area contributed by atoms with Gasteiger partial charge >= 0.3 is 7.82 Å². The quantitative estimate of drug-likeness (QED) is 0.392. The number of phosphoric acid groups is 1. The largest absolute Gasteiger partial charge is 0.469 e. The molecule has 0 aliphatic heterocycles. The number of rotatable bonds is 6. The van der Waals surface area contributed by atoms with Crippen LogP contribution in [0, 0.1) is 0 Å². The second kappa shape index (κ2) is 8.47. The van der Waals surface area contributed by atoms with Crippen LogP contribution in [0.15, 0.2) is 65.2 Å². The monoisotopic (exact) mass is 444 g/mol. The molecular weight excluding hydrogens is 427 g/mol. The van der Waals surface area contributed by atoms with E-state index in [9.17, 15) is 9.36 Å². The first kappa shape index (κ1) is 20.4. The minimum Gasteiger partial charge on any atom is -0.345 e. The highest BCUT2D eigenvalue weighted by molar-refractivity contribution is 7.46. The van der Waals surface area contributed by atoms with Gasteiger partial charge in [0, 0.05) is 23.2 Å². The second-order valence-corrected chi connectivity index (χ2v) is 8.44. The van der Waals surface area contributed by atoms with Crippen molar-refractivity contribution in [3.63, 3.8) is 0 Å². The summed E-state index contributed by atoms with van der Waals surface area (Å²) in [6, 6.07) is 13.0. The predicted octanol–water partition coefficient (Wildman–Crippen LogP) is 2.82. The lowest BCUT2D eigenvalue weighted by molar-refractivity contribution is 0.0999. The first-order valence-electron chi connectivity index (χ1n) is 8.83. The van der Waals surface area contributed by atoms with Gasteiger partial charge in [-0.15, -0.1) is 11.3 Å². The smallest absolute Gasteiger partial charge is 0.345 e. The molecule has 3 N–H and O–H groups in total. The molecule has 30 heavy (non-hydrogen) atoms. The highest BCUT2D eigenvalue weighted by Crippen LogP contribution is 2.37. The molecule has 11 heteroatoms. The molecule has 0 saturated heterocycles. The maximum absolute atomic E-state index is 12.8. The normalized spacial score (nSPS) is 12.5. The van der Waals surface area contributed by atoms with Gasteiger partial charge in [-0.2, -0.15) is 4.99 Å². The number of amides is 1. The van der Waals surface area contributed by atoms with Gasteiger partial charge in [0.1, 0.15) is 5.65 Å². The predicted molar refractivity (Wildman–Crippen MR) is 111 cm³/mol. The van der Waals surface area contributed by atoms with Gasteiger partial charge in [-0.25, -0.2) is 9.55 Å². The summed E-state index contributed by atoms with van der Waals surface area (Å²) in [4.78, 5) is 42.7. The number of hydrogen-bond acceptors (Lipinski definition) is 5. The van der Waals surface area contributed by atoms with Gasteiger partial charge in [0.25, 0.3) is 5.91 Å². The molecule has 0 unspecified atom stereocenters. The number of hydrogen-bond donors (Lipinski definition) is 3. The number of carbonyl (C=O) groups is 1.